The fraction of sp³-hybridized carbons (Fsp3) is 0.360. The van der Waals surface area contributed by atoms with Crippen molar-refractivity contribution in [2.24, 2.45) is 5.92 Å². The van der Waals surface area contributed by atoms with E-state index in [0.717, 1.165) is 5.57 Å². The smallest absolute Gasteiger partial charge is 0.221 e. The molecular formula is C25H28N2O5. The maximum absolute atomic E-state index is 13.9. The van der Waals surface area contributed by atoms with Crippen molar-refractivity contribution >= 4 is 29.1 Å². The number of nitrogens with one attached hydrogen (secondary N) is 2. The van der Waals surface area contributed by atoms with E-state index in [9.17, 15) is 19.2 Å². The molecule has 0 aliphatic heterocycles. The van der Waals surface area contributed by atoms with E-state index >= 15 is 0 Å². The molecule has 3 rings (SSSR count). The minimum atomic E-state index is -1.97. The van der Waals surface area contributed by atoms with Crippen LogP contribution in [0.4, 0.5) is 5.69 Å². The number of allylic oxidation sites excluding steroid dienone is 3. The van der Waals surface area contributed by atoms with Gasteiger partial charge in [-0.15, -0.1) is 0 Å². The Kier molecular flexibility index (Phi) is 6.48. The van der Waals surface area contributed by atoms with Crippen molar-refractivity contribution < 1.29 is 23.9 Å². The summed E-state index contributed by atoms with van der Waals surface area (Å²) in [5.74, 6) is -1.31. The molecule has 1 aromatic carbocycles. The largest absolute Gasteiger partial charge is 0.500 e. The molecule has 168 valence electrons. The second-order valence-corrected chi connectivity index (χ2v) is 8.16. The van der Waals surface area contributed by atoms with Crippen LogP contribution in [0.25, 0.3) is 0 Å². The first kappa shape index (κ1) is 23.2. The highest BCUT2D eigenvalue weighted by molar-refractivity contribution is 6.38. The number of hydrogen-bond donors (Lipinski definition) is 2. The Morgan fingerprint density at radius 1 is 1.16 bits per heavy atom. The Hall–Kier alpha value is -3.48. The van der Waals surface area contributed by atoms with Crippen LogP contribution in [0.2, 0.25) is 0 Å². The lowest BCUT2D eigenvalue weighted by molar-refractivity contribution is -0.121. The van der Waals surface area contributed by atoms with E-state index in [0.29, 0.717) is 17.8 Å². The Morgan fingerprint density at radius 2 is 1.88 bits per heavy atom. The third-order valence-electron chi connectivity index (χ3n) is 5.76. The van der Waals surface area contributed by atoms with Crippen LogP contribution in [0.15, 0.2) is 53.3 Å². The van der Waals surface area contributed by atoms with E-state index in [-0.39, 0.29) is 35.1 Å². The normalized spacial score (nSPS) is 20.1. The molecule has 0 saturated heterocycles. The number of carbonyl (C=O) groups excluding carboxylic acids is 4. The predicted molar refractivity (Wildman–Crippen MR) is 121 cm³/mol. The summed E-state index contributed by atoms with van der Waals surface area (Å²) in [5, 5.41) is 5.34. The average molecular weight is 437 g/mol. The lowest BCUT2D eigenvalue weighted by Gasteiger charge is -2.30. The Morgan fingerprint density at radius 3 is 2.47 bits per heavy atom. The summed E-state index contributed by atoms with van der Waals surface area (Å²) in [5.41, 5.74) is -0.169. The molecule has 2 N–H and O–H groups in total. The van der Waals surface area contributed by atoms with Gasteiger partial charge in [-0.05, 0) is 17.6 Å². The highest BCUT2D eigenvalue weighted by atomic mass is 16.5. The standard InChI is InChI=1S/C25H28N2O5/c1-6-21(29)27-25(18-12-10-16(14(2)3)11-13-20(18)32-5)23(30)17-8-7-9-19(26-15(4)28)22(17)24(25)31/h7-12,14H,6,13H2,1-5H3,(H,26,28)(H,27,29). The fourth-order valence-electron chi connectivity index (χ4n) is 4.11. The number of methoxy groups -OCH3 is 1. The zero-order chi connectivity index (χ0) is 23.6. The lowest BCUT2D eigenvalue weighted by atomic mass is 9.82. The number of amides is 2. The molecule has 0 saturated carbocycles. The Bertz CT molecular complexity index is 1090. The highest BCUT2D eigenvalue weighted by Gasteiger charge is 2.58. The van der Waals surface area contributed by atoms with Gasteiger partial charge in [0.25, 0.3) is 0 Å². The molecule has 0 radical (unpaired) electrons. The van der Waals surface area contributed by atoms with E-state index < -0.39 is 23.0 Å². The van der Waals surface area contributed by atoms with Crippen LogP contribution >= 0.6 is 0 Å². The first-order valence-electron chi connectivity index (χ1n) is 10.6. The summed E-state index contributed by atoms with van der Waals surface area (Å²) in [6.07, 6.45) is 5.98. The van der Waals surface area contributed by atoms with Crippen LogP contribution in [0.1, 0.15) is 61.3 Å². The molecule has 1 atom stereocenters. The summed E-state index contributed by atoms with van der Waals surface area (Å²) in [6.45, 7) is 7.06. The molecule has 0 spiro atoms. The maximum Gasteiger partial charge on any atom is 0.221 e. The van der Waals surface area contributed by atoms with Gasteiger partial charge in [-0.1, -0.05) is 51.1 Å². The van der Waals surface area contributed by atoms with Gasteiger partial charge in [0.1, 0.15) is 5.76 Å². The quantitative estimate of drug-likeness (QED) is 0.662. The molecule has 7 nitrogen and oxygen atoms in total. The average Bonchev–Trinajstić information content (AvgIpc) is 2.90. The number of fused-ring (bicyclic) bond motifs is 1. The number of Topliss-reactive ketones (excluding diaryl/α,β-unsaturated/α-hetero) is 2. The molecule has 32 heavy (non-hydrogen) atoms. The topological polar surface area (TPSA) is 102 Å². The molecule has 0 fully saturated rings. The van der Waals surface area contributed by atoms with Crippen LogP contribution in [-0.4, -0.2) is 36.0 Å². The molecule has 2 aliphatic rings. The van der Waals surface area contributed by atoms with E-state index in [4.69, 9.17) is 4.74 Å². The van der Waals surface area contributed by atoms with Gasteiger partial charge < -0.3 is 15.4 Å². The van der Waals surface area contributed by atoms with Crippen LogP contribution in [0, 0.1) is 5.92 Å². The third kappa shape index (κ3) is 3.79. The van der Waals surface area contributed by atoms with Crippen molar-refractivity contribution in [1.29, 1.82) is 0 Å². The Balaban J connectivity index is 2.28. The second-order valence-electron chi connectivity index (χ2n) is 8.16. The number of hydrogen-bond acceptors (Lipinski definition) is 5. The second kappa shape index (κ2) is 8.94. The van der Waals surface area contributed by atoms with Gasteiger partial charge in [-0.2, -0.15) is 0 Å². The summed E-state index contributed by atoms with van der Waals surface area (Å²) >= 11 is 0. The summed E-state index contributed by atoms with van der Waals surface area (Å²) in [6, 6.07) is 4.70. The van der Waals surface area contributed by atoms with Gasteiger partial charge in [0, 0.05) is 30.9 Å². The number of anilines is 1. The van der Waals surface area contributed by atoms with Crippen molar-refractivity contribution in [2.75, 3.05) is 12.4 Å². The van der Waals surface area contributed by atoms with E-state index in [1.807, 2.05) is 26.0 Å². The van der Waals surface area contributed by atoms with Gasteiger partial charge in [0.2, 0.25) is 23.4 Å². The van der Waals surface area contributed by atoms with Crippen molar-refractivity contribution in [3.63, 3.8) is 0 Å². The minimum Gasteiger partial charge on any atom is -0.500 e. The van der Waals surface area contributed by atoms with Gasteiger partial charge in [-0.3, -0.25) is 19.2 Å². The third-order valence-corrected chi connectivity index (χ3v) is 5.76. The molecule has 0 heterocycles. The minimum absolute atomic E-state index is 0.0849. The van der Waals surface area contributed by atoms with Gasteiger partial charge in [0.05, 0.1) is 18.4 Å². The first-order chi connectivity index (χ1) is 15.2. The van der Waals surface area contributed by atoms with Crippen molar-refractivity contribution in [2.45, 2.75) is 46.1 Å². The molecule has 1 unspecified atom stereocenters. The molecule has 0 bridgehead atoms. The molecule has 1 aromatic rings. The van der Waals surface area contributed by atoms with Gasteiger partial charge >= 0.3 is 0 Å². The molecular weight excluding hydrogens is 408 g/mol. The number of carbonyl (C=O) groups is 4. The zero-order valence-electron chi connectivity index (χ0n) is 19.0. The zero-order valence-corrected chi connectivity index (χ0v) is 19.0. The summed E-state index contributed by atoms with van der Waals surface area (Å²) in [7, 11) is 1.48. The highest BCUT2D eigenvalue weighted by Crippen LogP contribution is 2.42. The number of ether oxygens (including phenoxy) is 1. The van der Waals surface area contributed by atoms with Crippen LogP contribution < -0.4 is 10.6 Å². The molecule has 0 aromatic heterocycles. The number of benzene rings is 1. The molecule has 7 heteroatoms. The van der Waals surface area contributed by atoms with E-state index in [1.54, 1.807) is 25.1 Å². The van der Waals surface area contributed by atoms with Gasteiger partial charge in [0.15, 0.2) is 5.54 Å². The summed E-state index contributed by atoms with van der Waals surface area (Å²) < 4.78 is 5.61. The number of ketones is 2. The van der Waals surface area contributed by atoms with Crippen molar-refractivity contribution in [3.8, 4) is 0 Å². The van der Waals surface area contributed by atoms with Crippen molar-refractivity contribution in [3.05, 3.63) is 64.5 Å². The molecule has 2 aliphatic carbocycles. The Labute approximate surface area is 187 Å². The SMILES string of the molecule is CCC(=O)NC1(C2=C(OC)CC=C(C(C)C)C=C2)C(=O)c2cccc(NC(C)=O)c2C1=O. The lowest BCUT2D eigenvalue weighted by Crippen LogP contribution is -2.58. The van der Waals surface area contributed by atoms with E-state index in [2.05, 4.69) is 10.6 Å². The van der Waals surface area contributed by atoms with Gasteiger partial charge in [-0.25, -0.2) is 0 Å². The molecule has 2 amide bonds. The van der Waals surface area contributed by atoms with Crippen LogP contribution in [0.5, 0.6) is 0 Å². The predicted octanol–water partition coefficient (Wildman–Crippen LogP) is 3.73. The fourth-order valence-corrected chi connectivity index (χ4v) is 4.11. The first-order valence-corrected chi connectivity index (χ1v) is 10.6. The summed E-state index contributed by atoms with van der Waals surface area (Å²) in [4.78, 5) is 52.1. The monoisotopic (exact) mass is 436 g/mol. The van der Waals surface area contributed by atoms with Crippen molar-refractivity contribution in [1.82, 2.24) is 5.32 Å². The number of rotatable bonds is 6. The van der Waals surface area contributed by atoms with Crippen LogP contribution in [-0.2, 0) is 14.3 Å². The van der Waals surface area contributed by atoms with E-state index in [1.165, 1.54) is 20.1 Å². The van der Waals surface area contributed by atoms with Crippen LogP contribution in [0.3, 0.4) is 0 Å². The maximum atomic E-state index is 13.9.